The molecule has 2 aliphatic carbocycles. The summed E-state index contributed by atoms with van der Waals surface area (Å²) in [6.07, 6.45) is 6.92. The van der Waals surface area contributed by atoms with Crippen LogP contribution in [0.15, 0.2) is 84.9 Å². The van der Waals surface area contributed by atoms with Gasteiger partial charge in [0.1, 0.15) is 0 Å². The van der Waals surface area contributed by atoms with Crippen molar-refractivity contribution in [1.29, 1.82) is 0 Å². The Morgan fingerprint density at radius 1 is 0.487 bits per heavy atom. The smallest absolute Gasteiger partial charge is 1.00 e. The van der Waals surface area contributed by atoms with Gasteiger partial charge in [-0.25, -0.2) is 0 Å². The summed E-state index contributed by atoms with van der Waals surface area (Å²) in [5.41, 5.74) is 10.7. The van der Waals surface area contributed by atoms with Crippen LogP contribution in [-0.2, 0) is 26.2 Å². The van der Waals surface area contributed by atoms with E-state index in [2.05, 4.69) is 125 Å². The number of benzene rings is 4. The second-order valence-electron chi connectivity index (χ2n) is 9.51. The average Bonchev–Trinajstić information content (AvgIpc) is 3.36. The van der Waals surface area contributed by atoms with Crippen molar-refractivity contribution in [2.45, 2.75) is 27.7 Å². The fourth-order valence-corrected chi connectivity index (χ4v) is 6.01. The molecule has 0 bridgehead atoms. The quantitative estimate of drug-likeness (QED) is 0.156. The van der Waals surface area contributed by atoms with Crippen molar-refractivity contribution < 1.29 is 51.0 Å². The minimum absolute atomic E-state index is 0. The third-order valence-corrected chi connectivity index (χ3v) is 8.74. The molecule has 0 spiro atoms. The van der Waals surface area contributed by atoms with E-state index in [4.69, 9.17) is 0 Å². The van der Waals surface area contributed by atoms with Gasteiger partial charge in [0.25, 0.3) is 0 Å². The van der Waals surface area contributed by atoms with Crippen LogP contribution in [0.3, 0.4) is 0 Å². The first kappa shape index (κ1) is 33.2. The van der Waals surface area contributed by atoms with Crippen LogP contribution < -0.4 is 45.7 Å². The van der Waals surface area contributed by atoms with Crippen LogP contribution in [0, 0.1) is 13.8 Å². The van der Waals surface area contributed by atoms with Gasteiger partial charge in [-0.1, -0.05) is 97.8 Å². The van der Waals surface area contributed by atoms with Gasteiger partial charge in [-0.3, -0.25) is 0 Å². The Morgan fingerprint density at radius 2 is 0.821 bits per heavy atom. The van der Waals surface area contributed by atoms with Gasteiger partial charge in [0, 0.05) is 0 Å². The van der Waals surface area contributed by atoms with E-state index >= 15 is 0 Å². The summed E-state index contributed by atoms with van der Waals surface area (Å²) in [5.74, 6) is 0. The molecule has 0 N–H and O–H groups in total. The van der Waals surface area contributed by atoms with Gasteiger partial charge < -0.3 is 24.8 Å². The van der Waals surface area contributed by atoms with Crippen molar-refractivity contribution in [2.75, 3.05) is 0 Å². The maximum absolute atomic E-state index is 3.46. The Labute approximate surface area is 269 Å². The Morgan fingerprint density at radius 3 is 1.15 bits per heavy atom. The first-order chi connectivity index (χ1) is 17.4. The molecule has 4 aromatic carbocycles. The molecule has 4 aromatic rings. The minimum atomic E-state index is 0. The van der Waals surface area contributed by atoms with Gasteiger partial charge in [0.05, 0.1) is 0 Å². The zero-order chi connectivity index (χ0) is 25.4. The second kappa shape index (κ2) is 14.1. The molecule has 0 saturated heterocycles. The summed E-state index contributed by atoms with van der Waals surface area (Å²) in [6, 6.07) is 30.0. The van der Waals surface area contributed by atoms with E-state index in [1.165, 1.54) is 75.7 Å². The van der Waals surface area contributed by atoms with E-state index in [0.29, 0.717) is 0 Å². The van der Waals surface area contributed by atoms with Crippen LogP contribution in [0.1, 0.15) is 25.0 Å². The summed E-state index contributed by atoms with van der Waals surface area (Å²) in [6.45, 7) is 8.83. The fourth-order valence-electron chi connectivity index (χ4n) is 5.27. The number of hydrogen-bond acceptors (Lipinski definition) is 0. The molecular formula is C34H30Cl2Si2Zr. The minimum Gasteiger partial charge on any atom is -1.00 e. The van der Waals surface area contributed by atoms with Crippen molar-refractivity contribution >= 4 is 53.3 Å². The molecule has 0 amide bonds. The van der Waals surface area contributed by atoms with E-state index in [0.717, 1.165) is 0 Å². The van der Waals surface area contributed by atoms with Gasteiger partial charge in [0.15, 0.2) is 0 Å². The summed E-state index contributed by atoms with van der Waals surface area (Å²) >= 11 is 0. The van der Waals surface area contributed by atoms with Crippen LogP contribution in [-0.4, -0.2) is 30.0 Å². The predicted molar refractivity (Wildman–Crippen MR) is 164 cm³/mol. The Balaban J connectivity index is 0.000000254. The molecule has 0 heterocycles. The number of halogens is 2. The Bertz CT molecular complexity index is 1660. The topological polar surface area (TPSA) is 0 Å². The van der Waals surface area contributed by atoms with Crippen molar-refractivity contribution in [1.82, 2.24) is 0 Å². The normalized spacial score (nSPS) is 12.4. The molecule has 0 aliphatic heterocycles. The Hall–Kier alpha value is -2.00. The third kappa shape index (κ3) is 6.50. The summed E-state index contributed by atoms with van der Waals surface area (Å²) in [4.78, 5) is 0. The van der Waals surface area contributed by atoms with Crippen molar-refractivity contribution in [2.24, 2.45) is 0 Å². The van der Waals surface area contributed by atoms with E-state index in [1.54, 1.807) is 0 Å². The van der Waals surface area contributed by atoms with E-state index in [1.807, 2.05) is 19.7 Å². The van der Waals surface area contributed by atoms with E-state index < -0.39 is 0 Å². The molecule has 2 aliphatic rings. The van der Waals surface area contributed by atoms with Gasteiger partial charge in [-0.15, -0.1) is 45.1 Å². The second-order valence-corrected chi connectivity index (χ2v) is 10.9. The van der Waals surface area contributed by atoms with Crippen molar-refractivity contribution in [3.8, 4) is 22.3 Å². The average molecular weight is 657 g/mol. The van der Waals surface area contributed by atoms with Crippen LogP contribution in [0.4, 0.5) is 0 Å². The summed E-state index contributed by atoms with van der Waals surface area (Å²) in [5, 5.41) is 7.82. The van der Waals surface area contributed by atoms with Crippen LogP contribution in [0.25, 0.3) is 45.6 Å². The maximum Gasteiger partial charge on any atom is 4.00 e. The maximum atomic E-state index is 3.46. The third-order valence-electron chi connectivity index (χ3n) is 7.33. The SMILES string of the molecule is CC1=c2c(C)c(-c3ccccc3)ccc2=[C-]C1=[SiH2].CC1=c2c(C)c(-c3ccccc3)ccc2=[C-]C1=[SiH2].[Cl-].[Cl-].[Zr+4]. The molecule has 6 rings (SSSR count). The largest absolute Gasteiger partial charge is 4.00 e. The van der Waals surface area contributed by atoms with Crippen molar-refractivity contribution in [3.63, 3.8) is 0 Å². The fraction of sp³-hybridized carbons (Fsp3) is 0.118. The molecule has 0 radical (unpaired) electrons. The first-order valence-electron chi connectivity index (χ1n) is 12.3. The van der Waals surface area contributed by atoms with Crippen LogP contribution >= 0.6 is 0 Å². The molecule has 39 heavy (non-hydrogen) atoms. The van der Waals surface area contributed by atoms with Gasteiger partial charge >= 0.3 is 26.2 Å². The molecule has 5 heteroatoms. The number of rotatable bonds is 2. The van der Waals surface area contributed by atoms with E-state index in [-0.39, 0.29) is 51.0 Å². The van der Waals surface area contributed by atoms with Gasteiger partial charge in [-0.05, 0) is 55.8 Å². The predicted octanol–water partition coefficient (Wildman–Crippen LogP) is -3.38. The molecule has 0 aromatic heterocycles. The van der Waals surface area contributed by atoms with Crippen molar-refractivity contribution in [3.05, 3.63) is 117 Å². The van der Waals surface area contributed by atoms with Gasteiger partial charge in [-0.2, -0.15) is 21.6 Å². The summed E-state index contributed by atoms with van der Waals surface area (Å²) < 4.78 is 0. The number of hydrogen-bond donors (Lipinski definition) is 0. The monoisotopic (exact) mass is 654 g/mol. The molecule has 0 saturated carbocycles. The number of fused-ring (bicyclic) bond motifs is 2. The van der Waals surface area contributed by atoms with Crippen LogP contribution in [0.5, 0.6) is 0 Å². The van der Waals surface area contributed by atoms with Gasteiger partial charge in [0.2, 0.25) is 0 Å². The molecule has 0 nitrogen and oxygen atoms in total. The molecule has 0 fully saturated rings. The first-order valence-corrected chi connectivity index (χ1v) is 13.8. The Kier molecular flexibility index (Phi) is 12.0. The molecule has 0 unspecified atom stereocenters. The summed E-state index contributed by atoms with van der Waals surface area (Å²) in [7, 11) is 3.85. The standard InChI is InChI=1S/2C17H15Si.2ClH.Zr/c2*1-11-15(13-6-4-3-5-7-13)9-8-14-10-16(18)12(2)17(11)14;;;/h2*3-9H,18H2,1-2H3;2*1H;/q2*-1;;;+4/p-2. The molecule has 0 atom stereocenters. The molecular weight excluding hydrogens is 627 g/mol. The van der Waals surface area contributed by atoms with Crippen LogP contribution in [0.2, 0.25) is 0 Å². The molecule has 192 valence electrons. The van der Waals surface area contributed by atoms with E-state index in [9.17, 15) is 0 Å². The zero-order valence-electron chi connectivity index (χ0n) is 22.8. The zero-order valence-corrected chi connectivity index (χ0v) is 29.6.